The molecule has 0 N–H and O–H groups in total. The monoisotopic (exact) mass is 302 g/mol. The van der Waals surface area contributed by atoms with E-state index in [1.54, 1.807) is 7.11 Å². The maximum Gasteiger partial charge on any atom is 0.118 e. The maximum absolute atomic E-state index is 6.54. The molecule has 1 unspecified atom stereocenters. The third-order valence-electron chi connectivity index (χ3n) is 3.73. The van der Waals surface area contributed by atoms with Crippen LogP contribution in [0.25, 0.3) is 0 Å². The van der Waals surface area contributed by atoms with Crippen molar-refractivity contribution in [2.75, 3.05) is 7.11 Å². The fourth-order valence-corrected chi connectivity index (χ4v) is 2.68. The van der Waals surface area contributed by atoms with Crippen molar-refractivity contribution < 1.29 is 4.74 Å². The lowest BCUT2D eigenvalue weighted by Crippen LogP contribution is -1.97. The Morgan fingerprint density at radius 3 is 2.14 bits per heavy atom. The first-order chi connectivity index (χ1) is 10.2. The van der Waals surface area contributed by atoms with E-state index >= 15 is 0 Å². The van der Waals surface area contributed by atoms with E-state index in [1.807, 2.05) is 12.1 Å². The molecule has 0 aromatic heterocycles. The minimum absolute atomic E-state index is 0.0126. The summed E-state index contributed by atoms with van der Waals surface area (Å²) in [6.45, 7) is 2.22. The molecule has 0 aliphatic heterocycles. The van der Waals surface area contributed by atoms with Crippen LogP contribution in [-0.2, 0) is 12.8 Å². The molecule has 0 aliphatic carbocycles. The minimum atomic E-state index is 0.0126. The molecular weight excluding hydrogens is 280 g/mol. The highest BCUT2D eigenvalue weighted by Gasteiger charge is 2.09. The van der Waals surface area contributed by atoms with E-state index in [-0.39, 0.29) is 5.38 Å². The van der Waals surface area contributed by atoms with Crippen LogP contribution in [0.2, 0.25) is 0 Å². The molecule has 2 rings (SSSR count). The lowest BCUT2D eigenvalue weighted by atomic mass is 10.0. The summed E-state index contributed by atoms with van der Waals surface area (Å²) in [5.74, 6) is 0.880. The molecular formula is C19H23ClO. The summed E-state index contributed by atoms with van der Waals surface area (Å²) < 4.78 is 5.17. The number of benzene rings is 2. The van der Waals surface area contributed by atoms with Gasteiger partial charge in [0, 0.05) is 0 Å². The highest BCUT2D eigenvalue weighted by Crippen LogP contribution is 2.26. The zero-order valence-electron chi connectivity index (χ0n) is 12.8. The summed E-state index contributed by atoms with van der Waals surface area (Å²) in [6.07, 6.45) is 4.47. The van der Waals surface area contributed by atoms with Gasteiger partial charge < -0.3 is 4.74 Å². The van der Waals surface area contributed by atoms with E-state index in [4.69, 9.17) is 16.3 Å². The van der Waals surface area contributed by atoms with E-state index in [0.29, 0.717) is 0 Å². The van der Waals surface area contributed by atoms with Crippen molar-refractivity contribution in [2.45, 2.75) is 38.0 Å². The molecule has 0 spiro atoms. The second-order valence-electron chi connectivity index (χ2n) is 5.36. The van der Waals surface area contributed by atoms with Crippen LogP contribution in [0.5, 0.6) is 5.75 Å². The summed E-state index contributed by atoms with van der Waals surface area (Å²) in [4.78, 5) is 0. The van der Waals surface area contributed by atoms with E-state index in [9.17, 15) is 0 Å². The number of hydrogen-bond donors (Lipinski definition) is 0. The molecule has 2 heteroatoms. The van der Waals surface area contributed by atoms with Gasteiger partial charge in [0.15, 0.2) is 0 Å². The lowest BCUT2D eigenvalue weighted by molar-refractivity contribution is 0.414. The molecule has 0 saturated carbocycles. The van der Waals surface area contributed by atoms with Crippen LogP contribution < -0.4 is 4.74 Å². The van der Waals surface area contributed by atoms with Crippen molar-refractivity contribution >= 4 is 11.6 Å². The van der Waals surface area contributed by atoms with Gasteiger partial charge in [0.25, 0.3) is 0 Å². The van der Waals surface area contributed by atoms with Crippen LogP contribution >= 0.6 is 11.6 Å². The van der Waals surface area contributed by atoms with Crippen LogP contribution in [0.1, 0.15) is 41.8 Å². The SMILES string of the molecule is CCCCc1ccc(C(Cl)Cc2ccc(OC)cc2)cc1. The average Bonchev–Trinajstić information content (AvgIpc) is 2.54. The molecule has 2 aromatic rings. The van der Waals surface area contributed by atoms with Gasteiger partial charge in [-0.3, -0.25) is 0 Å². The number of aryl methyl sites for hydroxylation is 1. The summed E-state index contributed by atoms with van der Waals surface area (Å²) in [5.41, 5.74) is 3.81. The Morgan fingerprint density at radius 2 is 1.57 bits per heavy atom. The van der Waals surface area contributed by atoms with Gasteiger partial charge in [0.2, 0.25) is 0 Å². The van der Waals surface area contributed by atoms with Crippen molar-refractivity contribution in [1.29, 1.82) is 0 Å². The minimum Gasteiger partial charge on any atom is -0.497 e. The van der Waals surface area contributed by atoms with Crippen molar-refractivity contribution in [1.82, 2.24) is 0 Å². The average molecular weight is 303 g/mol. The summed E-state index contributed by atoms with van der Waals surface area (Å²) in [5, 5.41) is 0.0126. The van der Waals surface area contributed by atoms with Crippen molar-refractivity contribution in [3.8, 4) is 5.75 Å². The van der Waals surface area contributed by atoms with E-state index in [2.05, 4.69) is 43.3 Å². The van der Waals surface area contributed by atoms with Gasteiger partial charge in [-0.2, -0.15) is 0 Å². The predicted octanol–water partition coefficient (Wildman–Crippen LogP) is 5.56. The van der Waals surface area contributed by atoms with Gasteiger partial charge >= 0.3 is 0 Å². The Kier molecular flexibility index (Phi) is 6.13. The Balaban J connectivity index is 1.96. The fraction of sp³-hybridized carbons (Fsp3) is 0.368. The van der Waals surface area contributed by atoms with E-state index in [0.717, 1.165) is 18.6 Å². The molecule has 0 bridgehead atoms. The standard InChI is InChI=1S/C19H23ClO/c1-3-4-5-15-6-10-17(11-7-15)19(20)14-16-8-12-18(21-2)13-9-16/h6-13,19H,3-5,14H2,1-2H3. The molecule has 0 radical (unpaired) electrons. The van der Waals surface area contributed by atoms with Crippen LogP contribution in [0, 0.1) is 0 Å². The Morgan fingerprint density at radius 1 is 0.952 bits per heavy atom. The van der Waals surface area contributed by atoms with Crippen LogP contribution in [0.15, 0.2) is 48.5 Å². The maximum atomic E-state index is 6.54. The highest BCUT2D eigenvalue weighted by molar-refractivity contribution is 6.20. The number of rotatable bonds is 7. The predicted molar refractivity (Wildman–Crippen MR) is 90.3 cm³/mol. The molecule has 2 aromatic carbocycles. The summed E-state index contributed by atoms with van der Waals surface area (Å²) in [6, 6.07) is 16.8. The van der Waals surface area contributed by atoms with Gasteiger partial charge in [0.1, 0.15) is 5.75 Å². The molecule has 21 heavy (non-hydrogen) atoms. The quantitative estimate of drug-likeness (QED) is 0.608. The highest BCUT2D eigenvalue weighted by atomic mass is 35.5. The molecule has 112 valence electrons. The third-order valence-corrected chi connectivity index (χ3v) is 4.14. The first kappa shape index (κ1) is 15.9. The summed E-state index contributed by atoms with van der Waals surface area (Å²) in [7, 11) is 1.68. The number of halogens is 1. The zero-order chi connectivity index (χ0) is 15.1. The van der Waals surface area contributed by atoms with Crippen molar-refractivity contribution in [2.24, 2.45) is 0 Å². The van der Waals surface area contributed by atoms with Gasteiger partial charge in [-0.25, -0.2) is 0 Å². The van der Waals surface area contributed by atoms with E-state index in [1.165, 1.54) is 29.5 Å². The Labute approximate surface area is 132 Å². The molecule has 0 saturated heterocycles. The molecule has 1 nitrogen and oxygen atoms in total. The topological polar surface area (TPSA) is 9.23 Å². The Hall–Kier alpha value is -1.47. The molecule has 1 atom stereocenters. The fourth-order valence-electron chi connectivity index (χ4n) is 2.36. The van der Waals surface area contributed by atoms with Gasteiger partial charge in [-0.1, -0.05) is 49.7 Å². The van der Waals surface area contributed by atoms with Crippen molar-refractivity contribution in [3.05, 3.63) is 65.2 Å². The molecule has 0 fully saturated rings. The number of unbranched alkanes of at least 4 members (excludes halogenated alkanes) is 1. The largest absolute Gasteiger partial charge is 0.497 e. The first-order valence-corrected chi connectivity index (χ1v) is 8.02. The van der Waals surface area contributed by atoms with Crippen molar-refractivity contribution in [3.63, 3.8) is 0 Å². The smallest absolute Gasteiger partial charge is 0.118 e. The van der Waals surface area contributed by atoms with Crippen LogP contribution in [0.4, 0.5) is 0 Å². The van der Waals surface area contributed by atoms with E-state index < -0.39 is 0 Å². The second-order valence-corrected chi connectivity index (χ2v) is 5.89. The Bertz CT molecular complexity index is 530. The number of hydrogen-bond acceptors (Lipinski definition) is 1. The number of methoxy groups -OCH3 is 1. The first-order valence-electron chi connectivity index (χ1n) is 7.58. The molecule has 0 amide bonds. The van der Waals surface area contributed by atoms with Gasteiger partial charge in [-0.15, -0.1) is 11.6 Å². The number of ether oxygens (including phenoxy) is 1. The lowest BCUT2D eigenvalue weighted by Gasteiger charge is -2.11. The number of alkyl halides is 1. The summed E-state index contributed by atoms with van der Waals surface area (Å²) >= 11 is 6.54. The second kappa shape index (κ2) is 8.09. The van der Waals surface area contributed by atoms with Gasteiger partial charge in [0.05, 0.1) is 12.5 Å². The van der Waals surface area contributed by atoms with Gasteiger partial charge in [-0.05, 0) is 48.1 Å². The third kappa shape index (κ3) is 4.78. The molecule has 0 aliphatic rings. The normalized spacial score (nSPS) is 12.1. The van der Waals surface area contributed by atoms with Crippen LogP contribution in [0.3, 0.4) is 0 Å². The van der Waals surface area contributed by atoms with Crippen LogP contribution in [-0.4, -0.2) is 7.11 Å². The molecule has 0 heterocycles. The zero-order valence-corrected chi connectivity index (χ0v) is 13.6.